The van der Waals surface area contributed by atoms with E-state index < -0.39 is 17.2 Å². The molecule has 1 amide bonds. The number of hydrogen-bond donors (Lipinski definition) is 2. The first-order valence-corrected chi connectivity index (χ1v) is 9.99. The van der Waals surface area contributed by atoms with Crippen LogP contribution in [0.25, 0.3) is 0 Å². The molecule has 2 aromatic heterocycles. The molecule has 9 nitrogen and oxygen atoms in total. The summed E-state index contributed by atoms with van der Waals surface area (Å²) in [6, 6.07) is 20.5. The number of nitrogen functional groups attached to an aromatic ring is 1. The van der Waals surface area contributed by atoms with E-state index in [4.69, 9.17) is 10.2 Å². The summed E-state index contributed by atoms with van der Waals surface area (Å²) >= 11 is 0. The highest BCUT2D eigenvalue weighted by atomic mass is 16.3. The van der Waals surface area contributed by atoms with Gasteiger partial charge in [-0.3, -0.25) is 24.0 Å². The van der Waals surface area contributed by atoms with E-state index in [1.54, 1.807) is 24.3 Å². The van der Waals surface area contributed by atoms with Gasteiger partial charge in [0, 0.05) is 5.56 Å². The molecule has 0 aliphatic carbocycles. The third kappa shape index (κ3) is 4.45. The number of H-pyrrole nitrogens is 1. The minimum atomic E-state index is -0.807. The standard InChI is InChI=1S/C24H19N5O4/c25-13-17-8-4-9-18(12-17)23(31)28(15-19-10-5-11-33-19)20-21(26)29(24(32)27-22(20)30)14-16-6-2-1-3-7-16/h1-12H,14-15,26H2,(H,27,30,32). The van der Waals surface area contributed by atoms with Gasteiger partial charge in [0.1, 0.15) is 11.6 Å². The number of carbonyl (C=O) groups excluding carboxylic acids is 1. The number of nitrogens with zero attached hydrogens (tertiary/aromatic N) is 3. The Morgan fingerprint density at radius 2 is 1.88 bits per heavy atom. The van der Waals surface area contributed by atoms with E-state index in [-0.39, 0.29) is 35.7 Å². The molecule has 0 atom stereocenters. The fourth-order valence-corrected chi connectivity index (χ4v) is 3.45. The molecule has 0 radical (unpaired) electrons. The highest BCUT2D eigenvalue weighted by molar-refractivity contribution is 6.07. The molecule has 0 spiro atoms. The van der Waals surface area contributed by atoms with Gasteiger partial charge in [0.25, 0.3) is 11.5 Å². The number of carbonyl (C=O) groups is 1. The Hall–Kier alpha value is -4.84. The van der Waals surface area contributed by atoms with Crippen molar-refractivity contribution in [2.24, 2.45) is 0 Å². The van der Waals surface area contributed by atoms with Crippen LogP contribution < -0.4 is 21.9 Å². The first-order valence-electron chi connectivity index (χ1n) is 9.99. The average Bonchev–Trinajstić information content (AvgIpc) is 3.34. The van der Waals surface area contributed by atoms with Gasteiger partial charge in [-0.25, -0.2) is 4.79 Å². The number of aromatic nitrogens is 2. The van der Waals surface area contributed by atoms with E-state index in [1.807, 2.05) is 36.4 Å². The van der Waals surface area contributed by atoms with Crippen LogP contribution in [0.5, 0.6) is 0 Å². The number of hydrogen-bond acceptors (Lipinski definition) is 6. The fraction of sp³-hybridized carbons (Fsp3) is 0.0833. The van der Waals surface area contributed by atoms with Crippen LogP contribution in [0.4, 0.5) is 11.5 Å². The molecule has 4 rings (SSSR count). The number of benzene rings is 2. The van der Waals surface area contributed by atoms with E-state index in [0.717, 1.165) is 10.5 Å². The summed E-state index contributed by atoms with van der Waals surface area (Å²) in [6.45, 7) is -0.0125. The number of aromatic amines is 1. The monoisotopic (exact) mass is 441 g/mol. The highest BCUT2D eigenvalue weighted by Gasteiger charge is 2.26. The molecular formula is C24H19N5O4. The number of amides is 1. The van der Waals surface area contributed by atoms with Crippen LogP contribution in [0.3, 0.4) is 0 Å². The first-order chi connectivity index (χ1) is 16.0. The third-order valence-corrected chi connectivity index (χ3v) is 5.05. The Labute approximate surface area is 187 Å². The van der Waals surface area contributed by atoms with E-state index in [9.17, 15) is 19.6 Å². The smallest absolute Gasteiger partial charge is 0.330 e. The zero-order valence-electron chi connectivity index (χ0n) is 17.4. The van der Waals surface area contributed by atoms with Crippen molar-refractivity contribution in [3.05, 3.63) is 116 Å². The highest BCUT2D eigenvalue weighted by Crippen LogP contribution is 2.23. The quantitative estimate of drug-likeness (QED) is 0.471. The van der Waals surface area contributed by atoms with E-state index in [2.05, 4.69) is 4.98 Å². The van der Waals surface area contributed by atoms with Crippen molar-refractivity contribution in [2.45, 2.75) is 13.1 Å². The second-order valence-corrected chi connectivity index (χ2v) is 7.23. The fourth-order valence-electron chi connectivity index (χ4n) is 3.45. The molecular weight excluding hydrogens is 422 g/mol. The van der Waals surface area contributed by atoms with Crippen LogP contribution in [-0.2, 0) is 13.1 Å². The van der Waals surface area contributed by atoms with Gasteiger partial charge in [0.15, 0.2) is 5.69 Å². The molecule has 0 fully saturated rings. The lowest BCUT2D eigenvalue weighted by Crippen LogP contribution is -2.41. The van der Waals surface area contributed by atoms with Gasteiger partial charge in [0.2, 0.25) is 0 Å². The van der Waals surface area contributed by atoms with Crippen molar-refractivity contribution < 1.29 is 9.21 Å². The van der Waals surface area contributed by atoms with Crippen molar-refractivity contribution >= 4 is 17.4 Å². The number of furan rings is 1. The molecule has 0 saturated heterocycles. The Kier molecular flexibility index (Phi) is 5.91. The maximum Gasteiger partial charge on any atom is 0.330 e. The summed E-state index contributed by atoms with van der Waals surface area (Å²) in [5.41, 5.74) is 5.87. The molecule has 164 valence electrons. The minimum Gasteiger partial charge on any atom is -0.467 e. The van der Waals surface area contributed by atoms with Crippen LogP contribution in [0.2, 0.25) is 0 Å². The summed E-state index contributed by atoms with van der Waals surface area (Å²) in [4.78, 5) is 42.3. The summed E-state index contributed by atoms with van der Waals surface area (Å²) in [6.07, 6.45) is 1.44. The summed E-state index contributed by atoms with van der Waals surface area (Å²) in [5, 5.41) is 9.20. The van der Waals surface area contributed by atoms with Crippen LogP contribution in [0.1, 0.15) is 27.2 Å². The number of nitrogens with one attached hydrogen (secondary N) is 1. The van der Waals surface area contributed by atoms with Gasteiger partial charge in [-0.2, -0.15) is 5.26 Å². The van der Waals surface area contributed by atoms with Crippen molar-refractivity contribution in [1.82, 2.24) is 9.55 Å². The van der Waals surface area contributed by atoms with Crippen LogP contribution in [0, 0.1) is 11.3 Å². The number of nitrogens with two attached hydrogens (primary N) is 1. The lowest BCUT2D eigenvalue weighted by atomic mass is 10.1. The third-order valence-electron chi connectivity index (χ3n) is 5.05. The SMILES string of the molecule is N#Cc1cccc(C(=O)N(Cc2ccco2)c2c(N)n(Cc3ccccc3)c(=O)[nH]c2=O)c1. The predicted molar refractivity (Wildman–Crippen MR) is 122 cm³/mol. The largest absolute Gasteiger partial charge is 0.467 e. The average molecular weight is 441 g/mol. The van der Waals surface area contributed by atoms with Crippen LogP contribution in [0.15, 0.2) is 87.0 Å². The lowest BCUT2D eigenvalue weighted by Gasteiger charge is -2.24. The van der Waals surface area contributed by atoms with Crippen molar-refractivity contribution in [2.75, 3.05) is 10.6 Å². The predicted octanol–water partition coefficient (Wildman–Crippen LogP) is 2.48. The molecule has 9 heteroatoms. The molecule has 0 aliphatic heterocycles. The Balaban J connectivity index is 1.85. The van der Waals surface area contributed by atoms with Gasteiger partial charge < -0.3 is 10.2 Å². The van der Waals surface area contributed by atoms with Crippen LogP contribution in [-0.4, -0.2) is 15.5 Å². The molecule has 3 N–H and O–H groups in total. The van der Waals surface area contributed by atoms with Gasteiger partial charge in [-0.05, 0) is 35.9 Å². The van der Waals surface area contributed by atoms with Gasteiger partial charge in [-0.15, -0.1) is 0 Å². The Morgan fingerprint density at radius 1 is 1.09 bits per heavy atom. The maximum absolute atomic E-state index is 13.5. The lowest BCUT2D eigenvalue weighted by molar-refractivity contribution is 0.0983. The van der Waals surface area contributed by atoms with Crippen molar-refractivity contribution in [3.8, 4) is 6.07 Å². The molecule has 2 aromatic carbocycles. The molecule has 0 bridgehead atoms. The summed E-state index contributed by atoms with van der Waals surface area (Å²) in [5.74, 6) is -0.339. The zero-order valence-corrected chi connectivity index (χ0v) is 17.4. The molecule has 2 heterocycles. The van der Waals surface area contributed by atoms with Crippen LogP contribution >= 0.6 is 0 Å². The second-order valence-electron chi connectivity index (χ2n) is 7.23. The first kappa shape index (κ1) is 21.4. The Morgan fingerprint density at radius 3 is 2.58 bits per heavy atom. The zero-order chi connectivity index (χ0) is 23.4. The topological polar surface area (TPSA) is 138 Å². The number of anilines is 2. The maximum atomic E-state index is 13.5. The minimum absolute atomic E-state index is 0.0992. The van der Waals surface area contributed by atoms with Crippen molar-refractivity contribution in [1.29, 1.82) is 5.26 Å². The van der Waals surface area contributed by atoms with Gasteiger partial charge in [-0.1, -0.05) is 36.4 Å². The van der Waals surface area contributed by atoms with E-state index >= 15 is 0 Å². The van der Waals surface area contributed by atoms with Crippen molar-refractivity contribution in [3.63, 3.8) is 0 Å². The van der Waals surface area contributed by atoms with E-state index in [1.165, 1.54) is 23.0 Å². The number of nitriles is 1. The molecule has 0 aliphatic rings. The van der Waals surface area contributed by atoms with Gasteiger partial charge >= 0.3 is 5.69 Å². The molecule has 0 unspecified atom stereocenters. The molecule has 33 heavy (non-hydrogen) atoms. The molecule has 4 aromatic rings. The second kappa shape index (κ2) is 9.11. The van der Waals surface area contributed by atoms with E-state index in [0.29, 0.717) is 5.76 Å². The summed E-state index contributed by atoms with van der Waals surface area (Å²) < 4.78 is 6.57. The summed E-state index contributed by atoms with van der Waals surface area (Å²) in [7, 11) is 0. The van der Waals surface area contributed by atoms with Gasteiger partial charge in [0.05, 0.1) is 31.0 Å². The molecule has 0 saturated carbocycles. The number of rotatable bonds is 6. The Bertz CT molecular complexity index is 1450. The normalized spacial score (nSPS) is 10.5.